The van der Waals surface area contributed by atoms with E-state index in [1.54, 1.807) is 72.5 Å². The summed E-state index contributed by atoms with van der Waals surface area (Å²) in [6, 6.07) is 4.44. The van der Waals surface area contributed by atoms with Crippen LogP contribution in [-0.2, 0) is 44.6 Å². The van der Waals surface area contributed by atoms with Crippen molar-refractivity contribution in [2.75, 3.05) is 41.9 Å². The molecule has 1 saturated heterocycles. The zero-order valence-corrected chi connectivity index (χ0v) is 37.6. The maximum Gasteiger partial charge on any atom is 0.329 e. The van der Waals surface area contributed by atoms with Gasteiger partial charge in [0.2, 0.25) is 23.6 Å². The molecule has 330 valence electrons. The number of carbonyl (C=O) groups is 5. The summed E-state index contributed by atoms with van der Waals surface area (Å²) in [5.74, 6) is -3.09. The van der Waals surface area contributed by atoms with Crippen molar-refractivity contribution in [3.63, 3.8) is 0 Å². The van der Waals surface area contributed by atoms with Crippen LogP contribution in [0.2, 0.25) is 0 Å². The number of likely N-dealkylation sites (N-methyl/N-ethyl adjacent to an activating group) is 2. The van der Waals surface area contributed by atoms with Gasteiger partial charge in [-0.1, -0.05) is 81.7 Å². The van der Waals surface area contributed by atoms with E-state index >= 15 is 0 Å². The zero-order valence-electron chi connectivity index (χ0n) is 37.6. The molecule has 0 aromatic heterocycles. The molecule has 0 aliphatic carbocycles. The van der Waals surface area contributed by atoms with Gasteiger partial charge in [0.15, 0.2) is 0 Å². The Hall–Kier alpha value is -4.50. The van der Waals surface area contributed by atoms with Crippen molar-refractivity contribution in [3.05, 3.63) is 58.5 Å². The van der Waals surface area contributed by atoms with E-state index in [9.17, 15) is 29.5 Å². The number of benzene rings is 1. The topological polar surface area (TPSA) is 196 Å². The van der Waals surface area contributed by atoms with Crippen LogP contribution >= 0.6 is 0 Å². The lowest BCUT2D eigenvalue weighted by Gasteiger charge is -2.41. The van der Waals surface area contributed by atoms with E-state index in [1.165, 1.54) is 19.1 Å². The second-order valence-electron chi connectivity index (χ2n) is 17.0. The van der Waals surface area contributed by atoms with Gasteiger partial charge in [-0.05, 0) is 71.6 Å². The molecule has 1 aromatic carbocycles. The lowest BCUT2D eigenvalue weighted by Crippen LogP contribution is -2.60. The Morgan fingerprint density at radius 1 is 1.02 bits per heavy atom. The first-order valence-corrected chi connectivity index (χ1v) is 20.5. The highest BCUT2D eigenvalue weighted by Crippen LogP contribution is 2.30. The summed E-state index contributed by atoms with van der Waals surface area (Å²) in [7, 11) is 8.04. The first-order chi connectivity index (χ1) is 27.6. The summed E-state index contributed by atoms with van der Waals surface area (Å²) >= 11 is 0. The Balaban J connectivity index is 2.37. The van der Waals surface area contributed by atoms with Gasteiger partial charge in [-0.3, -0.25) is 24.1 Å². The van der Waals surface area contributed by atoms with E-state index in [4.69, 9.17) is 14.2 Å². The molecule has 1 heterocycles. The first kappa shape index (κ1) is 50.6. The van der Waals surface area contributed by atoms with Crippen LogP contribution in [0.3, 0.4) is 0 Å². The Bertz CT molecular complexity index is 1630. The van der Waals surface area contributed by atoms with E-state index in [0.717, 1.165) is 5.56 Å². The number of nitrogens with one attached hydrogen (secondary N) is 2. The second-order valence-corrected chi connectivity index (χ2v) is 17.0. The first-order valence-electron chi connectivity index (χ1n) is 20.5. The quantitative estimate of drug-likeness (QED) is 0.0549. The fourth-order valence-corrected chi connectivity index (χ4v) is 7.91. The van der Waals surface area contributed by atoms with E-state index < -0.39 is 83.7 Å². The lowest BCUT2D eigenvalue weighted by molar-refractivity contribution is -0.159. The second kappa shape index (κ2) is 23.3. The predicted octanol–water partition coefficient (Wildman–Crippen LogP) is 4.67. The van der Waals surface area contributed by atoms with Crippen LogP contribution in [0, 0.1) is 11.8 Å². The van der Waals surface area contributed by atoms with Crippen LogP contribution < -0.4 is 10.6 Å². The van der Waals surface area contributed by atoms with Crippen molar-refractivity contribution < 1.29 is 38.2 Å². The maximum absolute atomic E-state index is 14.3. The Kier molecular flexibility index (Phi) is 20.0. The highest BCUT2D eigenvalue weighted by Gasteiger charge is 2.44. The number of hydrogen-bond acceptors (Lipinski definition) is 10. The predicted molar refractivity (Wildman–Crippen MR) is 227 cm³/mol. The zero-order chi connectivity index (χ0) is 44.8. The van der Waals surface area contributed by atoms with Crippen LogP contribution in [0.4, 0.5) is 0 Å². The molecule has 10 atom stereocenters. The van der Waals surface area contributed by atoms with E-state index in [2.05, 4.69) is 27.2 Å². The van der Waals surface area contributed by atoms with Crippen LogP contribution in [-0.4, -0.2) is 140 Å². The van der Waals surface area contributed by atoms with Crippen molar-refractivity contribution in [1.82, 2.24) is 25.3 Å². The minimum absolute atomic E-state index is 0.0876. The molecule has 4 amide bonds. The molecular weight excluding hydrogens is 757 g/mol. The number of ether oxygens (including phenoxy) is 3. The van der Waals surface area contributed by atoms with Crippen molar-refractivity contribution in [3.8, 4) is 0 Å². The van der Waals surface area contributed by atoms with E-state index in [0.29, 0.717) is 31.4 Å². The molecule has 1 aliphatic heterocycles. The van der Waals surface area contributed by atoms with Crippen LogP contribution in [0.15, 0.2) is 47.6 Å². The van der Waals surface area contributed by atoms with Crippen molar-refractivity contribution >= 4 is 29.6 Å². The van der Waals surface area contributed by atoms with E-state index in [-0.39, 0.29) is 24.7 Å². The van der Waals surface area contributed by atoms with E-state index in [1.807, 2.05) is 44.2 Å². The van der Waals surface area contributed by atoms with Crippen LogP contribution in [0.5, 0.6) is 0 Å². The minimum Gasteiger partial charge on any atom is -0.458 e. The summed E-state index contributed by atoms with van der Waals surface area (Å²) in [6.07, 6.45) is 0.578. The maximum atomic E-state index is 14.3. The molecule has 1 aromatic rings. The molecule has 2 rings (SSSR count). The number of rotatable bonds is 22. The number of azide groups is 1. The van der Waals surface area contributed by atoms with Crippen molar-refractivity contribution in [1.29, 1.82) is 0 Å². The minimum atomic E-state index is -1.22. The number of methoxy groups -OCH3 is 2. The molecule has 0 radical (unpaired) electrons. The summed E-state index contributed by atoms with van der Waals surface area (Å²) in [6.45, 7) is 18.6. The number of nitrogens with zero attached hydrogens (tertiary/aromatic N) is 6. The molecule has 1 fully saturated rings. The molecule has 0 bridgehead atoms. The smallest absolute Gasteiger partial charge is 0.329 e. The molecule has 1 unspecified atom stereocenters. The molecule has 16 heteroatoms. The van der Waals surface area contributed by atoms with Crippen molar-refractivity contribution in [2.24, 2.45) is 17.0 Å². The number of esters is 1. The fourth-order valence-electron chi connectivity index (χ4n) is 7.91. The van der Waals surface area contributed by atoms with Gasteiger partial charge in [0.05, 0.1) is 42.7 Å². The number of carbonyl (C=O) groups excluding carboxylic acids is 5. The molecule has 0 saturated carbocycles. The summed E-state index contributed by atoms with van der Waals surface area (Å²) < 4.78 is 17.6. The molecule has 2 N–H and O–H groups in total. The molecular formula is C43H70N8O8. The highest BCUT2D eigenvalue weighted by atomic mass is 16.6. The van der Waals surface area contributed by atoms with Gasteiger partial charge in [-0.2, -0.15) is 0 Å². The summed E-state index contributed by atoms with van der Waals surface area (Å²) in [5, 5.41) is 9.47. The van der Waals surface area contributed by atoms with Gasteiger partial charge in [-0.25, -0.2) is 4.79 Å². The monoisotopic (exact) mass is 827 g/mol. The van der Waals surface area contributed by atoms with Gasteiger partial charge in [-0.15, -0.1) is 0 Å². The summed E-state index contributed by atoms with van der Waals surface area (Å²) in [4.78, 5) is 77.2. The SMILES string of the molecule is C=C(C)[C@@H](C(=O)N[C@H](C(=O)N(C)[C@@H]([C@@H](C)CC)[C@@H](CC(=O)N1CCC[C@H]1[C@H](OC)[C@@H](C)C(=O)N[C@@H](Cc1ccccc1)C(=O)OC(C)(C)C)OC)C(C)N=[N+]=[N-])N(C)C. The Labute approximate surface area is 351 Å². The summed E-state index contributed by atoms with van der Waals surface area (Å²) in [5.41, 5.74) is 9.93. The third-order valence-electron chi connectivity index (χ3n) is 11.1. The lowest BCUT2D eigenvalue weighted by atomic mass is 9.89. The van der Waals surface area contributed by atoms with Crippen molar-refractivity contribution in [2.45, 2.75) is 142 Å². The normalized spacial score (nSPS) is 18.8. The van der Waals surface area contributed by atoms with Gasteiger partial charge >= 0.3 is 5.97 Å². The van der Waals surface area contributed by atoms with Gasteiger partial charge in [0.25, 0.3) is 0 Å². The van der Waals surface area contributed by atoms with Gasteiger partial charge in [0, 0.05) is 39.1 Å². The molecule has 59 heavy (non-hydrogen) atoms. The largest absolute Gasteiger partial charge is 0.458 e. The fraction of sp³-hybridized carbons (Fsp3) is 0.698. The number of hydrogen-bond donors (Lipinski definition) is 2. The Morgan fingerprint density at radius 2 is 1.64 bits per heavy atom. The number of likely N-dealkylation sites (tertiary alicyclic amines) is 1. The standard InChI is InChI=1S/C43H70N8O8/c1-15-27(4)37(50(12)41(55)35(29(6)47-48-44)46-40(54)36(26(2)3)49(10)11)33(57-13)25-34(52)51-23-19-22-32(51)38(58-14)28(5)39(53)45-31(42(56)59-43(7,8)9)24-30-20-17-16-18-21-30/h16-18,20-21,27-29,31-33,35-38H,2,15,19,22-25H2,1,3-14H3,(H,45,53)(H,46,54)/t27-,28+,29?,31-,32-,33+,35-,36-,37-,38+/m0/s1. The van der Waals surface area contributed by atoms with Gasteiger partial charge < -0.3 is 34.6 Å². The third-order valence-corrected chi connectivity index (χ3v) is 11.1. The van der Waals surface area contributed by atoms with Gasteiger partial charge in [0.1, 0.15) is 23.7 Å². The average molecular weight is 827 g/mol. The third kappa shape index (κ3) is 14.3. The Morgan fingerprint density at radius 3 is 2.15 bits per heavy atom. The average Bonchev–Trinajstić information content (AvgIpc) is 3.65. The van der Waals surface area contributed by atoms with Crippen LogP contribution in [0.25, 0.3) is 10.4 Å². The molecule has 16 nitrogen and oxygen atoms in total. The molecule has 0 spiro atoms. The molecule has 1 aliphatic rings. The highest BCUT2D eigenvalue weighted by molar-refractivity contribution is 5.92. The number of amides is 4. The van der Waals surface area contributed by atoms with Crippen LogP contribution in [0.1, 0.15) is 86.6 Å².